The van der Waals surface area contributed by atoms with Crippen molar-refractivity contribution >= 4 is 32.7 Å². The van der Waals surface area contributed by atoms with Gasteiger partial charge in [-0.05, 0) is 57.6 Å². The minimum Gasteiger partial charge on any atom is -0.497 e. The van der Waals surface area contributed by atoms with E-state index < -0.39 is 0 Å². The molecule has 3 heteroatoms. The van der Waals surface area contributed by atoms with Crippen LogP contribution < -0.4 is 9.47 Å². The van der Waals surface area contributed by atoms with Crippen molar-refractivity contribution in [2.24, 2.45) is 0 Å². The summed E-state index contributed by atoms with van der Waals surface area (Å²) < 4.78 is 17.5. The molecule has 4 aromatic carbocycles. The van der Waals surface area contributed by atoms with Gasteiger partial charge in [0.05, 0.1) is 14.2 Å². The van der Waals surface area contributed by atoms with E-state index in [9.17, 15) is 0 Å². The smallest absolute Gasteiger partial charge is 0.143 e. The zero-order valence-electron chi connectivity index (χ0n) is 18.6. The van der Waals surface area contributed by atoms with Crippen molar-refractivity contribution in [3.8, 4) is 22.6 Å². The molecule has 156 valence electrons. The van der Waals surface area contributed by atoms with E-state index in [2.05, 4.69) is 69.3 Å². The lowest BCUT2D eigenvalue weighted by molar-refractivity contribution is 0.394. The molecule has 31 heavy (non-hydrogen) atoms. The number of rotatable bonds is 3. The predicted molar refractivity (Wildman–Crippen MR) is 128 cm³/mol. The van der Waals surface area contributed by atoms with Crippen LogP contribution in [0.25, 0.3) is 43.8 Å². The van der Waals surface area contributed by atoms with Gasteiger partial charge in [-0.15, -0.1) is 0 Å². The fourth-order valence-corrected chi connectivity index (χ4v) is 4.27. The molecular weight excluding hydrogens is 384 g/mol. The van der Waals surface area contributed by atoms with Crippen molar-refractivity contribution in [2.45, 2.75) is 26.2 Å². The average Bonchev–Trinajstić information content (AvgIpc) is 3.16. The molecule has 0 saturated carbocycles. The van der Waals surface area contributed by atoms with Crippen LogP contribution in [0.3, 0.4) is 0 Å². The van der Waals surface area contributed by atoms with Crippen LogP contribution in [0, 0.1) is 0 Å². The Kier molecular flexibility index (Phi) is 4.44. The summed E-state index contributed by atoms with van der Waals surface area (Å²) in [5.74, 6) is 1.50. The van der Waals surface area contributed by atoms with Gasteiger partial charge in [0.1, 0.15) is 22.7 Å². The first-order chi connectivity index (χ1) is 14.9. The highest BCUT2D eigenvalue weighted by molar-refractivity contribution is 6.22. The Morgan fingerprint density at radius 2 is 1.45 bits per heavy atom. The molecule has 0 atom stereocenters. The summed E-state index contributed by atoms with van der Waals surface area (Å²) in [7, 11) is 3.34. The van der Waals surface area contributed by atoms with Crippen LogP contribution in [0.2, 0.25) is 0 Å². The lowest BCUT2D eigenvalue weighted by Crippen LogP contribution is -2.10. The highest BCUT2D eigenvalue weighted by Crippen LogP contribution is 2.43. The molecule has 0 radical (unpaired) electrons. The maximum absolute atomic E-state index is 6.48. The van der Waals surface area contributed by atoms with Crippen molar-refractivity contribution in [3.63, 3.8) is 0 Å². The molecule has 0 aliphatic heterocycles. The highest BCUT2D eigenvalue weighted by atomic mass is 16.5. The summed E-state index contributed by atoms with van der Waals surface area (Å²) in [6, 6.07) is 23.2. The van der Waals surface area contributed by atoms with Crippen LogP contribution in [0.4, 0.5) is 0 Å². The molecule has 0 N–H and O–H groups in total. The third-order valence-electron chi connectivity index (χ3n) is 5.99. The highest BCUT2D eigenvalue weighted by Gasteiger charge is 2.20. The number of ether oxygens (including phenoxy) is 2. The fraction of sp³-hybridized carbons (Fsp3) is 0.214. The van der Waals surface area contributed by atoms with Crippen molar-refractivity contribution < 1.29 is 13.9 Å². The number of fused-ring (bicyclic) bond motifs is 5. The Labute approximate surface area is 182 Å². The second kappa shape index (κ2) is 7.05. The molecule has 1 aromatic heterocycles. The van der Waals surface area contributed by atoms with Gasteiger partial charge in [0.25, 0.3) is 0 Å². The predicted octanol–water partition coefficient (Wildman–Crippen LogP) is 7.72. The maximum atomic E-state index is 6.48. The Morgan fingerprint density at radius 3 is 2.13 bits per heavy atom. The lowest BCUT2D eigenvalue weighted by Gasteiger charge is -2.18. The second-order valence-electron chi connectivity index (χ2n) is 9.01. The lowest BCUT2D eigenvalue weighted by atomic mass is 9.86. The van der Waals surface area contributed by atoms with Crippen LogP contribution in [0.1, 0.15) is 26.3 Å². The Bertz CT molecular complexity index is 1410. The topological polar surface area (TPSA) is 31.6 Å². The van der Waals surface area contributed by atoms with E-state index in [1.54, 1.807) is 14.2 Å². The van der Waals surface area contributed by atoms with E-state index in [1.165, 1.54) is 16.3 Å². The summed E-state index contributed by atoms with van der Waals surface area (Å²) in [6.45, 7) is 6.72. The summed E-state index contributed by atoms with van der Waals surface area (Å²) >= 11 is 0. The first-order valence-electron chi connectivity index (χ1n) is 10.5. The van der Waals surface area contributed by atoms with E-state index in [0.29, 0.717) is 0 Å². The summed E-state index contributed by atoms with van der Waals surface area (Å²) in [5, 5.41) is 4.67. The van der Waals surface area contributed by atoms with Gasteiger partial charge >= 0.3 is 0 Å². The third-order valence-corrected chi connectivity index (χ3v) is 5.99. The number of hydrogen-bond donors (Lipinski definition) is 0. The summed E-state index contributed by atoms with van der Waals surface area (Å²) in [5.41, 5.74) is 5.16. The molecule has 3 nitrogen and oxygen atoms in total. The first-order valence-corrected chi connectivity index (χ1v) is 10.5. The normalized spacial score (nSPS) is 12.0. The molecule has 0 spiro atoms. The monoisotopic (exact) mass is 410 g/mol. The Morgan fingerprint density at radius 1 is 0.742 bits per heavy atom. The quantitative estimate of drug-likeness (QED) is 0.305. The van der Waals surface area contributed by atoms with Crippen molar-refractivity contribution in [1.29, 1.82) is 0 Å². The van der Waals surface area contributed by atoms with E-state index in [4.69, 9.17) is 13.9 Å². The van der Waals surface area contributed by atoms with E-state index in [0.717, 1.165) is 44.6 Å². The average molecular weight is 411 g/mol. The van der Waals surface area contributed by atoms with E-state index >= 15 is 0 Å². The first kappa shape index (κ1) is 19.5. The minimum atomic E-state index is 0.0609. The van der Waals surface area contributed by atoms with Crippen molar-refractivity contribution in [2.75, 3.05) is 14.2 Å². The molecule has 0 fully saturated rings. The maximum Gasteiger partial charge on any atom is 0.143 e. The van der Waals surface area contributed by atoms with Gasteiger partial charge in [0.15, 0.2) is 0 Å². The van der Waals surface area contributed by atoms with Crippen molar-refractivity contribution in [3.05, 3.63) is 72.3 Å². The zero-order valence-corrected chi connectivity index (χ0v) is 18.6. The van der Waals surface area contributed by atoms with Gasteiger partial charge in [0.2, 0.25) is 0 Å². The molecule has 0 aliphatic carbocycles. The number of furan rings is 1. The van der Waals surface area contributed by atoms with Crippen LogP contribution in [0.15, 0.2) is 71.1 Å². The van der Waals surface area contributed by atoms with Crippen molar-refractivity contribution in [1.82, 2.24) is 0 Å². The van der Waals surface area contributed by atoms with Gasteiger partial charge in [-0.1, -0.05) is 51.1 Å². The van der Waals surface area contributed by atoms with E-state index in [1.807, 2.05) is 18.2 Å². The van der Waals surface area contributed by atoms with Crippen LogP contribution >= 0.6 is 0 Å². The SMILES string of the molecule is COc1cc(OC)cc(-c2cc3ccccc3c3c2oc2ccc(C(C)(C)C)cc23)c1. The molecule has 0 saturated heterocycles. The minimum absolute atomic E-state index is 0.0609. The van der Waals surface area contributed by atoms with E-state index in [-0.39, 0.29) is 5.41 Å². The van der Waals surface area contributed by atoms with Gasteiger partial charge in [-0.25, -0.2) is 0 Å². The largest absolute Gasteiger partial charge is 0.497 e. The van der Waals surface area contributed by atoms with Gasteiger partial charge in [-0.2, -0.15) is 0 Å². The molecule has 0 amide bonds. The summed E-state index contributed by atoms with van der Waals surface area (Å²) in [4.78, 5) is 0. The third kappa shape index (κ3) is 3.21. The van der Waals surface area contributed by atoms with Gasteiger partial charge in [-0.3, -0.25) is 0 Å². The second-order valence-corrected chi connectivity index (χ2v) is 9.01. The fourth-order valence-electron chi connectivity index (χ4n) is 4.27. The van der Waals surface area contributed by atoms with Gasteiger partial charge < -0.3 is 13.9 Å². The Hall–Kier alpha value is -3.46. The molecule has 5 aromatic rings. The molecule has 1 heterocycles. The molecular formula is C28H26O3. The van der Waals surface area contributed by atoms with Gasteiger partial charge in [0, 0.05) is 22.4 Å². The Balaban J connectivity index is 1.92. The number of methoxy groups -OCH3 is 2. The van der Waals surface area contributed by atoms with Crippen LogP contribution in [-0.4, -0.2) is 14.2 Å². The zero-order chi connectivity index (χ0) is 21.8. The number of benzene rings is 4. The summed E-state index contributed by atoms with van der Waals surface area (Å²) in [6.07, 6.45) is 0. The molecule has 0 bridgehead atoms. The van der Waals surface area contributed by atoms with Crippen LogP contribution in [0.5, 0.6) is 11.5 Å². The number of hydrogen-bond acceptors (Lipinski definition) is 3. The van der Waals surface area contributed by atoms with Crippen LogP contribution in [-0.2, 0) is 5.41 Å². The molecule has 0 unspecified atom stereocenters. The molecule has 0 aliphatic rings. The molecule has 5 rings (SSSR count). The standard InChI is InChI=1S/C28H26O3/c1-28(2,3)19-10-11-25-24(15-19)26-22-9-7-6-8-17(22)14-23(27(26)31-25)18-12-20(29-4)16-21(13-18)30-5/h6-16H,1-5H3.